The number of amides is 1. The van der Waals surface area contributed by atoms with E-state index in [1.165, 1.54) is 0 Å². The maximum Gasteiger partial charge on any atom is 0.326 e. The van der Waals surface area contributed by atoms with E-state index in [9.17, 15) is 14.7 Å². The van der Waals surface area contributed by atoms with Crippen molar-refractivity contribution in [3.63, 3.8) is 0 Å². The molecule has 3 fully saturated rings. The molecule has 3 N–H and O–H groups in total. The van der Waals surface area contributed by atoms with Gasteiger partial charge in [0.1, 0.15) is 6.04 Å². The molecule has 2 saturated carbocycles. The van der Waals surface area contributed by atoms with Gasteiger partial charge in [-0.05, 0) is 49.9 Å². The molecule has 0 aromatic carbocycles. The Bertz CT molecular complexity index is 423. The van der Waals surface area contributed by atoms with E-state index in [2.05, 4.69) is 6.92 Å². The van der Waals surface area contributed by atoms with Crippen LogP contribution in [0.4, 0.5) is 0 Å². The quantitative estimate of drug-likeness (QED) is 0.792. The van der Waals surface area contributed by atoms with Crippen LogP contribution in [0.1, 0.15) is 39.0 Å². The van der Waals surface area contributed by atoms with Gasteiger partial charge in [0.05, 0.1) is 5.92 Å². The SMILES string of the molecule is CC1CCN(C(=O)C2C3CCC(C3)C2N)C(C(=O)O)C1. The molecule has 2 bridgehead atoms. The highest BCUT2D eigenvalue weighted by atomic mass is 16.4. The number of rotatable bonds is 2. The van der Waals surface area contributed by atoms with Crippen LogP contribution in [0.3, 0.4) is 0 Å². The minimum Gasteiger partial charge on any atom is -0.480 e. The zero-order chi connectivity index (χ0) is 14.4. The van der Waals surface area contributed by atoms with Gasteiger partial charge in [0.2, 0.25) is 5.91 Å². The standard InChI is InChI=1S/C15H24N2O3/c1-8-4-5-17(11(6-8)15(19)20)14(18)12-9-2-3-10(7-9)13(12)16/h8-13H,2-7,16H2,1H3,(H,19,20). The average molecular weight is 280 g/mol. The van der Waals surface area contributed by atoms with Crippen molar-refractivity contribution in [1.82, 2.24) is 4.90 Å². The summed E-state index contributed by atoms with van der Waals surface area (Å²) in [5.41, 5.74) is 6.23. The Kier molecular flexibility index (Phi) is 3.48. The molecule has 6 atom stereocenters. The van der Waals surface area contributed by atoms with E-state index in [0.29, 0.717) is 30.7 Å². The van der Waals surface area contributed by atoms with Gasteiger partial charge in [-0.2, -0.15) is 0 Å². The minimum atomic E-state index is -0.873. The zero-order valence-corrected chi connectivity index (χ0v) is 12.0. The largest absolute Gasteiger partial charge is 0.480 e. The van der Waals surface area contributed by atoms with Gasteiger partial charge in [0.15, 0.2) is 0 Å². The predicted octanol–water partition coefficient (Wildman–Crippen LogP) is 1.07. The summed E-state index contributed by atoms with van der Waals surface area (Å²) < 4.78 is 0. The molecule has 1 aliphatic heterocycles. The first kappa shape index (κ1) is 13.9. The van der Waals surface area contributed by atoms with E-state index in [0.717, 1.165) is 25.7 Å². The minimum absolute atomic E-state index is 0.00370. The van der Waals surface area contributed by atoms with E-state index in [1.807, 2.05) is 0 Å². The number of aliphatic carboxylic acids is 1. The van der Waals surface area contributed by atoms with Crippen LogP contribution in [0, 0.1) is 23.7 Å². The third-order valence-electron chi connectivity index (χ3n) is 5.70. The van der Waals surface area contributed by atoms with E-state index >= 15 is 0 Å². The third-order valence-corrected chi connectivity index (χ3v) is 5.70. The number of hydrogen-bond donors (Lipinski definition) is 2. The summed E-state index contributed by atoms with van der Waals surface area (Å²) in [7, 11) is 0. The molecule has 20 heavy (non-hydrogen) atoms. The Morgan fingerprint density at radius 3 is 2.45 bits per heavy atom. The summed E-state index contributed by atoms with van der Waals surface area (Å²) in [6.45, 7) is 2.62. The first-order chi connectivity index (χ1) is 9.49. The highest BCUT2D eigenvalue weighted by molar-refractivity contribution is 5.86. The molecule has 0 aromatic rings. The maximum atomic E-state index is 12.8. The maximum absolute atomic E-state index is 12.8. The van der Waals surface area contributed by atoms with Crippen molar-refractivity contribution in [1.29, 1.82) is 0 Å². The van der Waals surface area contributed by atoms with Crippen molar-refractivity contribution in [2.45, 2.75) is 51.1 Å². The van der Waals surface area contributed by atoms with Gasteiger partial charge in [0, 0.05) is 12.6 Å². The number of likely N-dealkylation sites (tertiary alicyclic amines) is 1. The Balaban J connectivity index is 1.77. The van der Waals surface area contributed by atoms with Crippen molar-refractivity contribution < 1.29 is 14.7 Å². The Labute approximate surface area is 119 Å². The summed E-state index contributed by atoms with van der Waals surface area (Å²) in [6, 6.07) is -0.715. The molecule has 1 heterocycles. The van der Waals surface area contributed by atoms with Gasteiger partial charge < -0.3 is 15.7 Å². The smallest absolute Gasteiger partial charge is 0.326 e. The normalized spacial score (nSPS) is 43.8. The predicted molar refractivity (Wildman–Crippen MR) is 73.8 cm³/mol. The molecule has 1 amide bonds. The second kappa shape index (κ2) is 5.02. The average Bonchev–Trinajstić information content (AvgIpc) is 2.98. The van der Waals surface area contributed by atoms with Crippen LogP contribution in [-0.2, 0) is 9.59 Å². The number of nitrogens with zero attached hydrogens (tertiary/aromatic N) is 1. The van der Waals surface area contributed by atoms with Crippen LogP contribution in [0.5, 0.6) is 0 Å². The molecule has 3 aliphatic rings. The first-order valence-corrected chi connectivity index (χ1v) is 7.78. The Hall–Kier alpha value is -1.10. The van der Waals surface area contributed by atoms with Crippen LogP contribution >= 0.6 is 0 Å². The van der Waals surface area contributed by atoms with Crippen LogP contribution in [0.2, 0.25) is 0 Å². The van der Waals surface area contributed by atoms with Gasteiger partial charge in [-0.1, -0.05) is 6.92 Å². The fourth-order valence-electron chi connectivity index (χ4n) is 4.53. The number of carboxylic acid groups (broad SMARTS) is 1. The van der Waals surface area contributed by atoms with Gasteiger partial charge in [-0.15, -0.1) is 0 Å². The van der Waals surface area contributed by atoms with Crippen molar-refractivity contribution in [3.05, 3.63) is 0 Å². The lowest BCUT2D eigenvalue weighted by Gasteiger charge is -2.40. The Morgan fingerprint density at radius 1 is 1.15 bits per heavy atom. The molecular weight excluding hydrogens is 256 g/mol. The van der Waals surface area contributed by atoms with E-state index in [4.69, 9.17) is 5.73 Å². The van der Waals surface area contributed by atoms with Crippen molar-refractivity contribution in [2.75, 3.05) is 6.54 Å². The summed E-state index contributed by atoms with van der Waals surface area (Å²) in [5, 5.41) is 9.39. The summed E-state index contributed by atoms with van der Waals surface area (Å²) in [4.78, 5) is 25.9. The zero-order valence-electron chi connectivity index (χ0n) is 12.0. The number of fused-ring (bicyclic) bond motifs is 2. The van der Waals surface area contributed by atoms with Gasteiger partial charge in [0.25, 0.3) is 0 Å². The molecule has 5 heteroatoms. The Morgan fingerprint density at radius 2 is 1.85 bits per heavy atom. The molecule has 5 nitrogen and oxygen atoms in total. The van der Waals surface area contributed by atoms with Crippen LogP contribution in [0.25, 0.3) is 0 Å². The van der Waals surface area contributed by atoms with Crippen LogP contribution in [-0.4, -0.2) is 40.5 Å². The van der Waals surface area contributed by atoms with Gasteiger partial charge >= 0.3 is 5.97 Å². The van der Waals surface area contributed by atoms with Gasteiger partial charge in [-0.25, -0.2) is 4.79 Å². The second-order valence-electron chi connectivity index (χ2n) is 6.95. The molecule has 0 spiro atoms. The lowest BCUT2D eigenvalue weighted by atomic mass is 9.82. The van der Waals surface area contributed by atoms with Crippen LogP contribution in [0.15, 0.2) is 0 Å². The van der Waals surface area contributed by atoms with E-state index < -0.39 is 12.0 Å². The lowest BCUT2D eigenvalue weighted by Crippen LogP contribution is -2.55. The number of carboxylic acids is 1. The number of nitrogens with two attached hydrogens (primary N) is 1. The summed E-state index contributed by atoms with van der Waals surface area (Å²) >= 11 is 0. The molecule has 2 aliphatic carbocycles. The van der Waals surface area contributed by atoms with Crippen molar-refractivity contribution in [3.8, 4) is 0 Å². The van der Waals surface area contributed by atoms with Crippen LogP contribution < -0.4 is 5.73 Å². The molecular formula is C15H24N2O3. The lowest BCUT2D eigenvalue weighted by molar-refractivity contribution is -0.156. The number of carbonyl (C=O) groups excluding carboxylic acids is 1. The second-order valence-corrected chi connectivity index (χ2v) is 6.95. The fraction of sp³-hybridized carbons (Fsp3) is 0.867. The number of carbonyl (C=O) groups is 2. The molecule has 6 unspecified atom stereocenters. The fourth-order valence-corrected chi connectivity index (χ4v) is 4.53. The third kappa shape index (κ3) is 2.12. The molecule has 3 rings (SSSR count). The number of piperidine rings is 1. The van der Waals surface area contributed by atoms with Gasteiger partial charge in [-0.3, -0.25) is 4.79 Å². The monoisotopic (exact) mass is 280 g/mol. The van der Waals surface area contributed by atoms with E-state index in [-0.39, 0.29) is 17.9 Å². The molecule has 0 radical (unpaired) electrons. The molecule has 1 saturated heterocycles. The number of hydrogen-bond acceptors (Lipinski definition) is 3. The summed E-state index contributed by atoms with van der Waals surface area (Å²) in [5.74, 6) is 0.223. The molecule has 0 aromatic heterocycles. The summed E-state index contributed by atoms with van der Waals surface area (Å²) in [6.07, 6.45) is 4.73. The topological polar surface area (TPSA) is 83.6 Å². The highest BCUT2D eigenvalue weighted by Crippen LogP contribution is 2.48. The van der Waals surface area contributed by atoms with Crippen molar-refractivity contribution >= 4 is 11.9 Å². The van der Waals surface area contributed by atoms with Crippen molar-refractivity contribution in [2.24, 2.45) is 29.4 Å². The first-order valence-electron chi connectivity index (χ1n) is 7.78. The molecule has 112 valence electrons. The van der Waals surface area contributed by atoms with E-state index in [1.54, 1.807) is 4.90 Å². The highest BCUT2D eigenvalue weighted by Gasteiger charge is 2.51.